The van der Waals surface area contributed by atoms with Gasteiger partial charge in [-0.25, -0.2) is 0 Å². The van der Waals surface area contributed by atoms with Crippen molar-refractivity contribution < 1.29 is 5.11 Å². The summed E-state index contributed by atoms with van der Waals surface area (Å²) >= 11 is 5.86. The summed E-state index contributed by atoms with van der Waals surface area (Å²) in [4.78, 5) is 2.12. The van der Waals surface area contributed by atoms with Crippen LogP contribution in [0.4, 0.5) is 0 Å². The molecule has 1 aliphatic rings. The molecule has 1 atom stereocenters. The number of aliphatic hydroxyl groups is 1. The molecule has 0 aromatic heterocycles. The van der Waals surface area contributed by atoms with Crippen molar-refractivity contribution >= 4 is 11.6 Å². The third kappa shape index (κ3) is 2.51. The maximum atomic E-state index is 9.28. The zero-order valence-corrected chi connectivity index (χ0v) is 9.45. The Hall–Kier alpha value is -0.570. The lowest BCUT2D eigenvalue weighted by Gasteiger charge is -2.34. The van der Waals surface area contributed by atoms with Crippen LogP contribution in [0.3, 0.4) is 0 Å². The van der Waals surface area contributed by atoms with E-state index in [9.17, 15) is 5.11 Å². The van der Waals surface area contributed by atoms with Crippen LogP contribution in [0.2, 0.25) is 5.02 Å². The second-order valence-electron chi connectivity index (χ2n) is 4.02. The van der Waals surface area contributed by atoms with Crippen molar-refractivity contribution in [3.63, 3.8) is 0 Å². The van der Waals surface area contributed by atoms with Gasteiger partial charge in [0.2, 0.25) is 0 Å². The van der Waals surface area contributed by atoms with E-state index in [-0.39, 0.29) is 6.73 Å². The Balaban J connectivity index is 2.16. The molecule has 15 heavy (non-hydrogen) atoms. The van der Waals surface area contributed by atoms with Crippen LogP contribution in [-0.2, 0) is 0 Å². The highest BCUT2D eigenvalue weighted by Crippen LogP contribution is 2.30. The first-order valence-electron chi connectivity index (χ1n) is 5.41. The van der Waals surface area contributed by atoms with Crippen LogP contribution >= 0.6 is 11.6 Å². The molecule has 0 aliphatic carbocycles. The molecule has 0 saturated carbocycles. The van der Waals surface area contributed by atoms with Crippen LogP contribution in [-0.4, -0.2) is 23.3 Å². The molecule has 1 aromatic rings. The molecule has 1 aromatic carbocycles. The molecule has 0 spiro atoms. The molecule has 1 saturated heterocycles. The fourth-order valence-corrected chi connectivity index (χ4v) is 2.35. The lowest BCUT2D eigenvalue weighted by molar-refractivity contribution is 0.0436. The average molecular weight is 226 g/mol. The van der Waals surface area contributed by atoms with Crippen molar-refractivity contribution in [3.05, 3.63) is 34.9 Å². The first kappa shape index (κ1) is 10.9. The number of likely N-dealkylation sites (tertiary alicyclic amines) is 1. The quantitative estimate of drug-likeness (QED) is 0.837. The topological polar surface area (TPSA) is 23.5 Å². The summed E-state index contributed by atoms with van der Waals surface area (Å²) in [5.41, 5.74) is 1.26. The summed E-state index contributed by atoms with van der Waals surface area (Å²) in [6.45, 7) is 1.14. The summed E-state index contributed by atoms with van der Waals surface area (Å²) in [5.74, 6) is 0. The number of nitrogens with zero attached hydrogens (tertiary/aromatic N) is 1. The first-order chi connectivity index (χ1) is 7.31. The minimum atomic E-state index is 0.146. The van der Waals surface area contributed by atoms with Crippen molar-refractivity contribution in [1.82, 2.24) is 4.90 Å². The SMILES string of the molecule is OCN1CCCCC1c1ccc(Cl)cc1. The van der Waals surface area contributed by atoms with E-state index in [1.807, 2.05) is 12.1 Å². The van der Waals surface area contributed by atoms with E-state index < -0.39 is 0 Å². The van der Waals surface area contributed by atoms with Gasteiger partial charge in [-0.1, -0.05) is 30.2 Å². The molecule has 0 radical (unpaired) electrons. The van der Waals surface area contributed by atoms with Gasteiger partial charge in [-0.15, -0.1) is 0 Å². The monoisotopic (exact) mass is 225 g/mol. The predicted octanol–water partition coefficient (Wildman–Crippen LogP) is 2.82. The number of aliphatic hydroxyl groups excluding tert-OH is 1. The van der Waals surface area contributed by atoms with E-state index in [1.54, 1.807) is 0 Å². The summed E-state index contributed by atoms with van der Waals surface area (Å²) < 4.78 is 0. The van der Waals surface area contributed by atoms with Crippen molar-refractivity contribution in [2.75, 3.05) is 13.3 Å². The van der Waals surface area contributed by atoms with Crippen LogP contribution in [0, 0.1) is 0 Å². The Morgan fingerprint density at radius 3 is 2.67 bits per heavy atom. The second kappa shape index (κ2) is 4.97. The minimum absolute atomic E-state index is 0.146. The van der Waals surface area contributed by atoms with Gasteiger partial charge in [0.15, 0.2) is 0 Å². The number of piperidine rings is 1. The smallest absolute Gasteiger partial charge is 0.0961 e. The minimum Gasteiger partial charge on any atom is -0.381 e. The van der Waals surface area contributed by atoms with Crippen LogP contribution in [0.1, 0.15) is 30.9 Å². The molecule has 2 nitrogen and oxygen atoms in total. The molecular weight excluding hydrogens is 210 g/mol. The Kier molecular flexibility index (Phi) is 3.62. The fraction of sp³-hybridized carbons (Fsp3) is 0.500. The molecule has 1 N–H and O–H groups in total. The summed E-state index contributed by atoms with van der Waals surface area (Å²) in [5, 5.41) is 10.0. The molecule has 0 bridgehead atoms. The third-order valence-electron chi connectivity index (χ3n) is 3.05. The van der Waals surface area contributed by atoms with E-state index in [0.29, 0.717) is 6.04 Å². The zero-order chi connectivity index (χ0) is 10.7. The molecular formula is C12H16ClNO. The lowest BCUT2D eigenvalue weighted by atomic mass is 9.96. The van der Waals surface area contributed by atoms with Gasteiger partial charge in [-0.3, -0.25) is 4.90 Å². The average Bonchev–Trinajstić information content (AvgIpc) is 2.30. The van der Waals surface area contributed by atoms with Gasteiger partial charge < -0.3 is 5.11 Å². The van der Waals surface area contributed by atoms with Gasteiger partial charge in [-0.05, 0) is 30.5 Å². The number of hydrogen-bond donors (Lipinski definition) is 1. The maximum Gasteiger partial charge on any atom is 0.0961 e. The van der Waals surface area contributed by atoms with E-state index in [2.05, 4.69) is 17.0 Å². The van der Waals surface area contributed by atoms with Crippen molar-refractivity contribution in [2.45, 2.75) is 25.3 Å². The molecule has 1 heterocycles. The van der Waals surface area contributed by atoms with Crippen molar-refractivity contribution in [1.29, 1.82) is 0 Å². The van der Waals surface area contributed by atoms with E-state index in [0.717, 1.165) is 18.0 Å². The van der Waals surface area contributed by atoms with Crippen LogP contribution in [0.5, 0.6) is 0 Å². The molecule has 1 aliphatic heterocycles. The van der Waals surface area contributed by atoms with Gasteiger partial charge in [0.1, 0.15) is 0 Å². The Morgan fingerprint density at radius 2 is 2.00 bits per heavy atom. The number of benzene rings is 1. The Labute approximate surface area is 95.5 Å². The first-order valence-corrected chi connectivity index (χ1v) is 5.79. The summed E-state index contributed by atoms with van der Waals surface area (Å²) in [6, 6.07) is 8.31. The summed E-state index contributed by atoms with van der Waals surface area (Å²) in [7, 11) is 0. The van der Waals surface area contributed by atoms with Gasteiger partial charge in [0.05, 0.1) is 6.73 Å². The van der Waals surface area contributed by atoms with Crippen LogP contribution < -0.4 is 0 Å². The number of hydrogen-bond acceptors (Lipinski definition) is 2. The van der Waals surface area contributed by atoms with E-state index in [1.165, 1.54) is 18.4 Å². The number of rotatable bonds is 2. The van der Waals surface area contributed by atoms with Crippen LogP contribution in [0.25, 0.3) is 0 Å². The van der Waals surface area contributed by atoms with Gasteiger partial charge in [-0.2, -0.15) is 0 Å². The molecule has 82 valence electrons. The molecule has 1 fully saturated rings. The highest BCUT2D eigenvalue weighted by atomic mass is 35.5. The van der Waals surface area contributed by atoms with Crippen LogP contribution in [0.15, 0.2) is 24.3 Å². The highest BCUT2D eigenvalue weighted by Gasteiger charge is 2.22. The van der Waals surface area contributed by atoms with Crippen molar-refractivity contribution in [3.8, 4) is 0 Å². The number of halogens is 1. The largest absolute Gasteiger partial charge is 0.381 e. The Morgan fingerprint density at radius 1 is 1.27 bits per heavy atom. The standard InChI is InChI=1S/C12H16ClNO/c13-11-6-4-10(5-7-11)12-3-1-2-8-14(12)9-15/h4-7,12,15H,1-3,8-9H2. The molecule has 3 heteroatoms. The fourth-order valence-electron chi connectivity index (χ4n) is 2.22. The summed E-state index contributed by atoms with van der Waals surface area (Å²) in [6.07, 6.45) is 3.55. The third-order valence-corrected chi connectivity index (χ3v) is 3.30. The van der Waals surface area contributed by atoms with Gasteiger partial charge in [0, 0.05) is 17.6 Å². The predicted molar refractivity (Wildman–Crippen MR) is 61.8 cm³/mol. The second-order valence-corrected chi connectivity index (χ2v) is 4.45. The molecule has 0 amide bonds. The molecule has 2 rings (SSSR count). The maximum absolute atomic E-state index is 9.28. The van der Waals surface area contributed by atoms with Crippen molar-refractivity contribution in [2.24, 2.45) is 0 Å². The molecule has 1 unspecified atom stereocenters. The lowest BCUT2D eigenvalue weighted by Crippen LogP contribution is -2.33. The zero-order valence-electron chi connectivity index (χ0n) is 8.69. The highest BCUT2D eigenvalue weighted by molar-refractivity contribution is 6.30. The van der Waals surface area contributed by atoms with E-state index >= 15 is 0 Å². The Bertz CT molecular complexity index is 312. The van der Waals surface area contributed by atoms with Gasteiger partial charge in [0.25, 0.3) is 0 Å². The normalized spacial score (nSPS) is 22.9. The van der Waals surface area contributed by atoms with Gasteiger partial charge >= 0.3 is 0 Å². The van der Waals surface area contributed by atoms with E-state index in [4.69, 9.17) is 11.6 Å².